The molecule has 0 spiro atoms. The zero-order valence-corrected chi connectivity index (χ0v) is 16.2. The molecule has 148 valence electrons. The first-order valence-electron chi connectivity index (χ1n) is 8.95. The number of hydrogen-bond acceptors (Lipinski definition) is 5. The van der Waals surface area contributed by atoms with Crippen molar-refractivity contribution < 1.29 is 23.8 Å². The largest absolute Gasteiger partial charge is 0.497 e. The highest BCUT2D eigenvalue weighted by Gasteiger charge is 2.09. The quantitative estimate of drug-likeness (QED) is 0.486. The fraction of sp³-hybridized carbons (Fsp3) is 0.130. The number of fused-ring (bicyclic) bond motifs is 1. The van der Waals surface area contributed by atoms with Crippen LogP contribution in [0.5, 0.6) is 11.5 Å². The number of amides is 1. The van der Waals surface area contributed by atoms with E-state index in [4.69, 9.17) is 14.2 Å². The van der Waals surface area contributed by atoms with Gasteiger partial charge >= 0.3 is 5.97 Å². The second kappa shape index (κ2) is 9.41. The first-order chi connectivity index (χ1) is 14.1. The van der Waals surface area contributed by atoms with Crippen LogP contribution in [0.25, 0.3) is 16.8 Å². The lowest BCUT2D eigenvalue weighted by molar-refractivity contribution is -0.142. The van der Waals surface area contributed by atoms with Crippen molar-refractivity contribution in [3.8, 4) is 11.5 Å². The van der Waals surface area contributed by atoms with Crippen molar-refractivity contribution in [1.29, 1.82) is 0 Å². The van der Waals surface area contributed by atoms with Gasteiger partial charge in [-0.1, -0.05) is 36.4 Å². The van der Waals surface area contributed by atoms with Gasteiger partial charge in [-0.05, 0) is 35.7 Å². The van der Waals surface area contributed by atoms with Crippen LogP contribution in [-0.4, -0.2) is 32.7 Å². The first-order valence-corrected chi connectivity index (χ1v) is 8.95. The molecule has 1 amide bonds. The molecule has 6 heteroatoms. The van der Waals surface area contributed by atoms with Gasteiger partial charge in [-0.2, -0.15) is 0 Å². The van der Waals surface area contributed by atoms with E-state index < -0.39 is 11.9 Å². The SMILES string of the molecule is COc1ccc(OC)c(C=CC(=O)OCC(=O)Nc2cccc3ccccc23)c1. The average Bonchev–Trinajstić information content (AvgIpc) is 2.76. The van der Waals surface area contributed by atoms with Crippen LogP contribution in [-0.2, 0) is 14.3 Å². The van der Waals surface area contributed by atoms with Crippen molar-refractivity contribution in [1.82, 2.24) is 0 Å². The highest BCUT2D eigenvalue weighted by Crippen LogP contribution is 2.25. The molecule has 0 aliphatic heterocycles. The molecule has 0 saturated carbocycles. The van der Waals surface area contributed by atoms with E-state index in [2.05, 4.69) is 5.32 Å². The average molecular weight is 391 g/mol. The predicted molar refractivity (Wildman–Crippen MR) is 112 cm³/mol. The molecular formula is C23H21NO5. The highest BCUT2D eigenvalue weighted by atomic mass is 16.5. The molecule has 0 radical (unpaired) electrons. The van der Waals surface area contributed by atoms with Crippen molar-refractivity contribution in [2.75, 3.05) is 26.1 Å². The third kappa shape index (κ3) is 5.13. The van der Waals surface area contributed by atoms with Gasteiger partial charge < -0.3 is 19.5 Å². The number of esters is 1. The van der Waals surface area contributed by atoms with Crippen LogP contribution in [0.15, 0.2) is 66.7 Å². The maximum Gasteiger partial charge on any atom is 0.331 e. The Bertz CT molecular complexity index is 1050. The summed E-state index contributed by atoms with van der Waals surface area (Å²) in [6.45, 7) is -0.387. The van der Waals surface area contributed by atoms with Crippen LogP contribution >= 0.6 is 0 Å². The number of carbonyl (C=O) groups excluding carboxylic acids is 2. The second-order valence-electron chi connectivity index (χ2n) is 6.12. The number of nitrogens with one attached hydrogen (secondary N) is 1. The summed E-state index contributed by atoms with van der Waals surface area (Å²) in [5, 5.41) is 4.70. The summed E-state index contributed by atoms with van der Waals surface area (Å²) >= 11 is 0. The predicted octanol–water partition coefficient (Wildman–Crippen LogP) is 4.05. The minimum Gasteiger partial charge on any atom is -0.497 e. The molecule has 29 heavy (non-hydrogen) atoms. The lowest BCUT2D eigenvalue weighted by Gasteiger charge is -2.09. The monoisotopic (exact) mass is 391 g/mol. The third-order valence-corrected chi connectivity index (χ3v) is 4.25. The molecule has 0 aromatic heterocycles. The van der Waals surface area contributed by atoms with Gasteiger partial charge in [0.2, 0.25) is 0 Å². The summed E-state index contributed by atoms with van der Waals surface area (Å²) in [5.41, 5.74) is 1.32. The molecule has 0 unspecified atom stereocenters. The minimum absolute atomic E-state index is 0.387. The van der Waals surface area contributed by atoms with E-state index in [-0.39, 0.29) is 6.61 Å². The number of ether oxygens (including phenoxy) is 3. The van der Waals surface area contributed by atoms with E-state index in [1.807, 2.05) is 36.4 Å². The standard InChI is InChI=1S/C23H21NO5/c1-27-18-11-12-21(28-2)17(14-18)10-13-23(26)29-15-22(25)24-20-9-5-7-16-6-3-4-8-19(16)20/h3-14H,15H2,1-2H3,(H,24,25). The molecule has 0 aliphatic rings. The summed E-state index contributed by atoms with van der Waals surface area (Å²) in [4.78, 5) is 24.1. The Balaban J connectivity index is 1.59. The maximum absolute atomic E-state index is 12.2. The number of rotatable bonds is 7. The number of anilines is 1. The fourth-order valence-electron chi connectivity index (χ4n) is 2.83. The van der Waals surface area contributed by atoms with Gasteiger partial charge in [0.05, 0.1) is 14.2 Å². The molecule has 0 atom stereocenters. The molecule has 0 aliphatic carbocycles. The molecule has 0 saturated heterocycles. The van der Waals surface area contributed by atoms with Crippen molar-refractivity contribution >= 4 is 34.4 Å². The topological polar surface area (TPSA) is 73.9 Å². The zero-order chi connectivity index (χ0) is 20.6. The summed E-state index contributed by atoms with van der Waals surface area (Å²) in [5.74, 6) is 0.168. The fourth-order valence-corrected chi connectivity index (χ4v) is 2.83. The van der Waals surface area contributed by atoms with E-state index in [0.717, 1.165) is 10.8 Å². The van der Waals surface area contributed by atoms with Crippen LogP contribution in [0.4, 0.5) is 5.69 Å². The lowest BCUT2D eigenvalue weighted by Crippen LogP contribution is -2.20. The Morgan fingerprint density at radius 1 is 0.966 bits per heavy atom. The molecular weight excluding hydrogens is 370 g/mol. The zero-order valence-electron chi connectivity index (χ0n) is 16.2. The van der Waals surface area contributed by atoms with Crippen molar-refractivity contribution in [3.05, 3.63) is 72.3 Å². The molecule has 0 bridgehead atoms. The Morgan fingerprint density at radius 2 is 1.76 bits per heavy atom. The Labute approximate surface area is 168 Å². The first kappa shape index (κ1) is 19.9. The summed E-state index contributed by atoms with van der Waals surface area (Å²) in [7, 11) is 3.09. The van der Waals surface area contributed by atoms with Crippen LogP contribution in [0.3, 0.4) is 0 Å². The molecule has 0 fully saturated rings. The molecule has 3 aromatic carbocycles. The molecule has 0 heterocycles. The highest BCUT2D eigenvalue weighted by molar-refractivity contribution is 6.03. The maximum atomic E-state index is 12.2. The third-order valence-electron chi connectivity index (χ3n) is 4.25. The normalized spacial score (nSPS) is 10.7. The molecule has 1 N–H and O–H groups in total. The van der Waals surface area contributed by atoms with Crippen molar-refractivity contribution in [2.45, 2.75) is 0 Å². The van der Waals surface area contributed by atoms with Crippen LogP contribution < -0.4 is 14.8 Å². The lowest BCUT2D eigenvalue weighted by atomic mass is 10.1. The van der Waals surface area contributed by atoms with Gasteiger partial charge in [0, 0.05) is 22.7 Å². The smallest absolute Gasteiger partial charge is 0.331 e. The molecule has 6 nitrogen and oxygen atoms in total. The molecule has 3 rings (SSSR count). The van der Waals surface area contributed by atoms with E-state index in [1.165, 1.54) is 13.2 Å². The second-order valence-corrected chi connectivity index (χ2v) is 6.12. The van der Waals surface area contributed by atoms with Crippen LogP contribution in [0.2, 0.25) is 0 Å². The Hall–Kier alpha value is -3.80. The van der Waals surface area contributed by atoms with Gasteiger partial charge in [-0.3, -0.25) is 4.79 Å². The van der Waals surface area contributed by atoms with Crippen molar-refractivity contribution in [2.24, 2.45) is 0 Å². The Morgan fingerprint density at radius 3 is 2.55 bits per heavy atom. The Kier molecular flexibility index (Phi) is 6.47. The van der Waals surface area contributed by atoms with Gasteiger partial charge in [-0.25, -0.2) is 4.79 Å². The minimum atomic E-state index is -0.636. The van der Waals surface area contributed by atoms with Gasteiger partial charge in [-0.15, -0.1) is 0 Å². The number of benzene rings is 3. The number of carbonyl (C=O) groups is 2. The van der Waals surface area contributed by atoms with Crippen LogP contribution in [0.1, 0.15) is 5.56 Å². The number of methoxy groups -OCH3 is 2. The van der Waals surface area contributed by atoms with Crippen LogP contribution in [0, 0.1) is 0 Å². The molecule has 3 aromatic rings. The summed E-state index contributed by atoms with van der Waals surface area (Å²) in [6.07, 6.45) is 2.79. The number of hydrogen-bond donors (Lipinski definition) is 1. The van der Waals surface area contributed by atoms with Gasteiger partial charge in [0.15, 0.2) is 6.61 Å². The van der Waals surface area contributed by atoms with Crippen molar-refractivity contribution in [3.63, 3.8) is 0 Å². The summed E-state index contributed by atoms with van der Waals surface area (Å²) < 4.78 is 15.5. The summed E-state index contributed by atoms with van der Waals surface area (Å²) in [6, 6.07) is 18.6. The van der Waals surface area contributed by atoms with E-state index >= 15 is 0 Å². The van der Waals surface area contributed by atoms with E-state index in [1.54, 1.807) is 37.5 Å². The van der Waals surface area contributed by atoms with E-state index in [0.29, 0.717) is 22.7 Å². The van der Waals surface area contributed by atoms with Gasteiger partial charge in [0.25, 0.3) is 5.91 Å². The van der Waals surface area contributed by atoms with E-state index in [9.17, 15) is 9.59 Å². The van der Waals surface area contributed by atoms with Gasteiger partial charge in [0.1, 0.15) is 11.5 Å².